The Morgan fingerprint density at radius 2 is 2.04 bits per heavy atom. The maximum Gasteiger partial charge on any atom is 0.193 e. The summed E-state index contributed by atoms with van der Waals surface area (Å²) in [5, 5.41) is 3.18. The van der Waals surface area contributed by atoms with E-state index in [1.54, 1.807) is 6.26 Å². The number of hydrogen-bond acceptors (Lipinski definition) is 3. The van der Waals surface area contributed by atoms with E-state index in [0.717, 1.165) is 24.5 Å². The third-order valence-corrected chi connectivity index (χ3v) is 4.67. The quantitative estimate of drug-likeness (QED) is 0.652. The van der Waals surface area contributed by atoms with Crippen LogP contribution in [0.2, 0.25) is 0 Å². The van der Waals surface area contributed by atoms with Crippen LogP contribution < -0.4 is 11.1 Å². The van der Waals surface area contributed by atoms with Crippen LogP contribution in [0.4, 0.5) is 5.69 Å². The average Bonchev–Trinajstić information content (AvgIpc) is 3.25. The van der Waals surface area contributed by atoms with Gasteiger partial charge >= 0.3 is 0 Å². The Kier molecular flexibility index (Phi) is 5.20. The predicted molar refractivity (Wildman–Crippen MR) is 98.3 cm³/mol. The number of nitrogens with zero attached hydrogens (tertiary/aromatic N) is 2. The normalized spacial score (nSPS) is 17.2. The van der Waals surface area contributed by atoms with Crippen LogP contribution in [-0.4, -0.2) is 30.5 Å². The zero-order valence-corrected chi connectivity index (χ0v) is 14.5. The first-order valence-corrected chi connectivity index (χ1v) is 8.55. The molecule has 1 unspecified atom stereocenters. The van der Waals surface area contributed by atoms with Crippen molar-refractivity contribution < 1.29 is 4.42 Å². The number of likely N-dealkylation sites (tertiary alicyclic amines) is 1. The summed E-state index contributed by atoms with van der Waals surface area (Å²) in [6.45, 7) is 6.96. The van der Waals surface area contributed by atoms with Crippen LogP contribution in [0.3, 0.4) is 0 Å². The molecule has 3 N–H and O–H groups in total. The van der Waals surface area contributed by atoms with E-state index in [0.29, 0.717) is 12.5 Å². The highest BCUT2D eigenvalue weighted by Gasteiger charge is 2.25. The number of anilines is 1. The fraction of sp³-hybridized carbons (Fsp3) is 0.421. The van der Waals surface area contributed by atoms with Crippen molar-refractivity contribution in [3.63, 3.8) is 0 Å². The van der Waals surface area contributed by atoms with Crippen molar-refractivity contribution >= 4 is 11.6 Å². The number of aliphatic imine (C=N–C) groups is 1. The van der Waals surface area contributed by atoms with Crippen molar-refractivity contribution in [3.05, 3.63) is 53.5 Å². The van der Waals surface area contributed by atoms with Crippen LogP contribution in [0.1, 0.15) is 35.8 Å². The van der Waals surface area contributed by atoms with Gasteiger partial charge in [-0.1, -0.05) is 6.07 Å². The molecule has 1 saturated heterocycles. The second-order valence-corrected chi connectivity index (χ2v) is 6.42. The molecule has 1 atom stereocenters. The Morgan fingerprint density at radius 1 is 1.25 bits per heavy atom. The van der Waals surface area contributed by atoms with Crippen LogP contribution in [-0.2, 0) is 0 Å². The summed E-state index contributed by atoms with van der Waals surface area (Å²) < 4.78 is 5.62. The molecule has 2 heterocycles. The molecule has 0 aliphatic carbocycles. The molecule has 5 heteroatoms. The van der Waals surface area contributed by atoms with Crippen LogP contribution in [0.25, 0.3) is 0 Å². The molecule has 0 bridgehead atoms. The van der Waals surface area contributed by atoms with Gasteiger partial charge in [0.15, 0.2) is 5.96 Å². The lowest BCUT2D eigenvalue weighted by atomic mass is 10.1. The summed E-state index contributed by atoms with van der Waals surface area (Å²) in [6, 6.07) is 10.3. The van der Waals surface area contributed by atoms with Crippen molar-refractivity contribution in [1.82, 2.24) is 4.90 Å². The lowest BCUT2D eigenvalue weighted by Crippen LogP contribution is -2.30. The van der Waals surface area contributed by atoms with Gasteiger partial charge in [0.25, 0.3) is 0 Å². The molecule has 0 radical (unpaired) electrons. The SMILES string of the molecule is Cc1ccc(NC(N)=NCC(c2ccco2)N2CCCC2)cc1C. The summed E-state index contributed by atoms with van der Waals surface area (Å²) in [4.78, 5) is 6.98. The van der Waals surface area contributed by atoms with E-state index in [-0.39, 0.29) is 6.04 Å². The third kappa shape index (κ3) is 3.97. The Balaban J connectivity index is 1.67. The van der Waals surface area contributed by atoms with Gasteiger partial charge in [0.05, 0.1) is 18.8 Å². The minimum absolute atomic E-state index is 0.155. The molecule has 1 aliphatic rings. The molecule has 24 heavy (non-hydrogen) atoms. The number of rotatable bonds is 5. The van der Waals surface area contributed by atoms with Crippen LogP contribution in [0.5, 0.6) is 0 Å². The molecule has 3 rings (SSSR count). The number of nitrogens with two attached hydrogens (primary N) is 1. The zero-order valence-electron chi connectivity index (χ0n) is 14.5. The Bertz CT molecular complexity index is 687. The van der Waals surface area contributed by atoms with Gasteiger partial charge in [-0.2, -0.15) is 0 Å². The first-order chi connectivity index (χ1) is 11.6. The number of benzene rings is 1. The Hall–Kier alpha value is -2.27. The molecule has 0 amide bonds. The Morgan fingerprint density at radius 3 is 2.71 bits per heavy atom. The first-order valence-electron chi connectivity index (χ1n) is 8.55. The maximum absolute atomic E-state index is 6.08. The smallest absolute Gasteiger partial charge is 0.193 e. The van der Waals surface area contributed by atoms with Gasteiger partial charge < -0.3 is 15.5 Å². The number of furan rings is 1. The molecule has 1 fully saturated rings. The average molecular weight is 326 g/mol. The molecule has 1 aromatic carbocycles. The van der Waals surface area contributed by atoms with E-state index >= 15 is 0 Å². The van der Waals surface area contributed by atoms with Crippen molar-refractivity contribution in [2.75, 3.05) is 25.0 Å². The lowest BCUT2D eigenvalue weighted by Gasteiger charge is -2.24. The van der Waals surface area contributed by atoms with Crippen LogP contribution in [0, 0.1) is 13.8 Å². The van der Waals surface area contributed by atoms with Gasteiger partial charge in [0, 0.05) is 5.69 Å². The van der Waals surface area contributed by atoms with Crippen molar-refractivity contribution in [2.45, 2.75) is 32.7 Å². The monoisotopic (exact) mass is 326 g/mol. The maximum atomic E-state index is 6.08. The Labute approximate surface area is 143 Å². The van der Waals surface area contributed by atoms with Gasteiger partial charge in [0.1, 0.15) is 5.76 Å². The number of nitrogens with one attached hydrogen (secondary N) is 1. The molecule has 0 saturated carbocycles. The van der Waals surface area contributed by atoms with Gasteiger partial charge in [-0.15, -0.1) is 0 Å². The summed E-state index contributed by atoms with van der Waals surface area (Å²) in [5.74, 6) is 1.40. The van der Waals surface area contributed by atoms with Crippen LogP contribution in [0.15, 0.2) is 46.0 Å². The van der Waals surface area contributed by atoms with Gasteiger partial charge in [-0.25, -0.2) is 0 Å². The molecule has 128 valence electrons. The number of hydrogen-bond donors (Lipinski definition) is 2. The number of aryl methyl sites for hydroxylation is 2. The molecule has 1 aromatic heterocycles. The molecule has 5 nitrogen and oxygen atoms in total. The third-order valence-electron chi connectivity index (χ3n) is 4.67. The van der Waals surface area contributed by atoms with Crippen molar-refractivity contribution in [2.24, 2.45) is 10.7 Å². The molecule has 2 aromatic rings. The number of guanidine groups is 1. The van der Waals surface area contributed by atoms with Gasteiger partial charge in [-0.05, 0) is 75.2 Å². The standard InChI is InChI=1S/C19H26N4O/c1-14-7-8-16(12-15(14)2)22-19(20)21-13-17(18-6-5-11-24-18)23-9-3-4-10-23/h5-8,11-12,17H,3-4,9-10,13H2,1-2H3,(H3,20,21,22). The minimum atomic E-state index is 0.155. The highest BCUT2D eigenvalue weighted by Crippen LogP contribution is 2.25. The fourth-order valence-electron chi connectivity index (χ4n) is 3.11. The molecular formula is C19H26N4O. The van der Waals surface area contributed by atoms with Crippen molar-refractivity contribution in [3.8, 4) is 0 Å². The molecule has 1 aliphatic heterocycles. The molecule has 0 spiro atoms. The highest BCUT2D eigenvalue weighted by molar-refractivity contribution is 5.92. The van der Waals surface area contributed by atoms with E-state index in [2.05, 4.69) is 41.2 Å². The first kappa shape index (κ1) is 16.6. The summed E-state index contributed by atoms with van der Waals surface area (Å²) in [6.07, 6.45) is 4.19. The predicted octanol–water partition coefficient (Wildman–Crippen LogP) is 3.46. The topological polar surface area (TPSA) is 66.8 Å². The largest absolute Gasteiger partial charge is 0.468 e. The van der Waals surface area contributed by atoms with E-state index in [1.165, 1.54) is 24.0 Å². The van der Waals surface area contributed by atoms with Crippen molar-refractivity contribution in [1.29, 1.82) is 0 Å². The molecular weight excluding hydrogens is 300 g/mol. The van der Waals surface area contributed by atoms with E-state index in [9.17, 15) is 0 Å². The van der Waals surface area contributed by atoms with Gasteiger partial charge in [0.2, 0.25) is 0 Å². The summed E-state index contributed by atoms with van der Waals surface area (Å²) in [7, 11) is 0. The fourth-order valence-corrected chi connectivity index (χ4v) is 3.11. The summed E-state index contributed by atoms with van der Waals surface area (Å²) >= 11 is 0. The van der Waals surface area contributed by atoms with E-state index < -0.39 is 0 Å². The second kappa shape index (κ2) is 7.53. The van der Waals surface area contributed by atoms with E-state index in [4.69, 9.17) is 10.2 Å². The van der Waals surface area contributed by atoms with Gasteiger partial charge in [-0.3, -0.25) is 9.89 Å². The zero-order chi connectivity index (χ0) is 16.9. The van der Waals surface area contributed by atoms with Crippen LogP contribution >= 0.6 is 0 Å². The summed E-state index contributed by atoms with van der Waals surface area (Å²) in [5.41, 5.74) is 9.55. The second-order valence-electron chi connectivity index (χ2n) is 6.42. The lowest BCUT2D eigenvalue weighted by molar-refractivity contribution is 0.221. The van der Waals surface area contributed by atoms with E-state index in [1.807, 2.05) is 18.2 Å². The highest BCUT2D eigenvalue weighted by atomic mass is 16.3. The minimum Gasteiger partial charge on any atom is -0.468 e.